The van der Waals surface area contributed by atoms with Gasteiger partial charge < -0.3 is 10.3 Å². The minimum atomic E-state index is -0.182. The van der Waals surface area contributed by atoms with Gasteiger partial charge in [0.25, 0.3) is 0 Å². The summed E-state index contributed by atoms with van der Waals surface area (Å²) in [5, 5.41) is 0. The van der Waals surface area contributed by atoms with Gasteiger partial charge in [0.05, 0.1) is 0 Å². The molecule has 1 aromatic heterocycles. The van der Waals surface area contributed by atoms with Crippen LogP contribution in [0.15, 0.2) is 36.5 Å². The standard InChI is InChI=1S/C14H17FN2/c1-11-4-5-13(15)9-12(11)10-17-8-2-3-14(17)6-7-16/h2-5,8-9H,6-7,10,16H2,1H3. The molecule has 2 rings (SSSR count). The van der Waals surface area contributed by atoms with Gasteiger partial charge in [-0.3, -0.25) is 0 Å². The number of nitrogens with two attached hydrogens (primary N) is 1. The molecule has 3 heteroatoms. The zero-order valence-corrected chi connectivity index (χ0v) is 9.99. The number of benzene rings is 1. The lowest BCUT2D eigenvalue weighted by Gasteiger charge is -2.11. The van der Waals surface area contributed by atoms with Crippen LogP contribution >= 0.6 is 0 Å². The molecule has 2 N–H and O–H groups in total. The molecule has 2 aromatic rings. The highest BCUT2D eigenvalue weighted by Gasteiger charge is 2.04. The Balaban J connectivity index is 2.25. The summed E-state index contributed by atoms with van der Waals surface area (Å²) in [6, 6.07) is 8.97. The molecule has 2 nitrogen and oxygen atoms in total. The van der Waals surface area contributed by atoms with Crippen molar-refractivity contribution in [3.05, 3.63) is 59.2 Å². The second-order valence-electron chi connectivity index (χ2n) is 4.24. The highest BCUT2D eigenvalue weighted by Crippen LogP contribution is 2.14. The fraction of sp³-hybridized carbons (Fsp3) is 0.286. The largest absolute Gasteiger partial charge is 0.347 e. The molecule has 90 valence electrons. The lowest BCUT2D eigenvalue weighted by molar-refractivity contribution is 0.621. The molecule has 0 aliphatic carbocycles. The molecule has 1 aromatic carbocycles. The summed E-state index contributed by atoms with van der Waals surface area (Å²) < 4.78 is 15.3. The van der Waals surface area contributed by atoms with Gasteiger partial charge >= 0.3 is 0 Å². The molecular weight excluding hydrogens is 215 g/mol. The molecule has 0 amide bonds. The summed E-state index contributed by atoms with van der Waals surface area (Å²) in [7, 11) is 0. The summed E-state index contributed by atoms with van der Waals surface area (Å²) in [4.78, 5) is 0. The third-order valence-electron chi connectivity index (χ3n) is 2.98. The van der Waals surface area contributed by atoms with Gasteiger partial charge in [-0.05, 0) is 55.3 Å². The van der Waals surface area contributed by atoms with Crippen LogP contribution in [0.5, 0.6) is 0 Å². The van der Waals surface area contributed by atoms with Crippen molar-refractivity contribution in [1.82, 2.24) is 4.57 Å². The first-order chi connectivity index (χ1) is 8.20. The molecular formula is C14H17FN2. The average Bonchev–Trinajstić information content (AvgIpc) is 2.72. The van der Waals surface area contributed by atoms with E-state index < -0.39 is 0 Å². The Kier molecular flexibility index (Phi) is 3.59. The smallest absolute Gasteiger partial charge is 0.123 e. The number of nitrogens with zero attached hydrogens (tertiary/aromatic N) is 1. The summed E-state index contributed by atoms with van der Waals surface area (Å²) >= 11 is 0. The number of hydrogen-bond donors (Lipinski definition) is 1. The SMILES string of the molecule is Cc1ccc(F)cc1Cn1cccc1CCN. The molecule has 0 aliphatic rings. The first-order valence-corrected chi connectivity index (χ1v) is 5.80. The first-order valence-electron chi connectivity index (χ1n) is 5.80. The van der Waals surface area contributed by atoms with Gasteiger partial charge in [-0.25, -0.2) is 4.39 Å². The fourth-order valence-corrected chi connectivity index (χ4v) is 1.97. The van der Waals surface area contributed by atoms with Gasteiger partial charge in [-0.2, -0.15) is 0 Å². The van der Waals surface area contributed by atoms with Crippen molar-refractivity contribution in [2.75, 3.05) is 6.54 Å². The molecule has 1 heterocycles. The second kappa shape index (κ2) is 5.15. The van der Waals surface area contributed by atoms with Crippen molar-refractivity contribution in [3.63, 3.8) is 0 Å². The normalized spacial score (nSPS) is 10.8. The van der Waals surface area contributed by atoms with Crippen molar-refractivity contribution < 1.29 is 4.39 Å². The Morgan fingerprint density at radius 3 is 2.88 bits per heavy atom. The zero-order valence-electron chi connectivity index (χ0n) is 9.99. The van der Waals surface area contributed by atoms with Gasteiger partial charge in [0.15, 0.2) is 0 Å². The molecule has 0 spiro atoms. The van der Waals surface area contributed by atoms with Crippen LogP contribution in [-0.2, 0) is 13.0 Å². The number of aryl methyl sites for hydroxylation is 1. The first kappa shape index (κ1) is 11.9. The third kappa shape index (κ3) is 2.74. The summed E-state index contributed by atoms with van der Waals surface area (Å²) in [5.41, 5.74) is 8.88. The van der Waals surface area contributed by atoms with E-state index in [9.17, 15) is 4.39 Å². The molecule has 0 aliphatic heterocycles. The molecule has 17 heavy (non-hydrogen) atoms. The van der Waals surface area contributed by atoms with Gasteiger partial charge in [0, 0.05) is 18.4 Å². The molecule has 0 unspecified atom stereocenters. The van der Waals surface area contributed by atoms with Crippen molar-refractivity contribution in [3.8, 4) is 0 Å². The van der Waals surface area contributed by atoms with Gasteiger partial charge in [-0.15, -0.1) is 0 Å². The second-order valence-corrected chi connectivity index (χ2v) is 4.24. The lowest BCUT2D eigenvalue weighted by atomic mass is 10.1. The van der Waals surface area contributed by atoms with E-state index in [4.69, 9.17) is 5.73 Å². The van der Waals surface area contributed by atoms with Crippen molar-refractivity contribution in [1.29, 1.82) is 0 Å². The summed E-state index contributed by atoms with van der Waals surface area (Å²) in [6.45, 7) is 3.33. The molecule has 0 saturated heterocycles. The molecule has 0 atom stereocenters. The van der Waals surface area contributed by atoms with E-state index in [0.29, 0.717) is 13.1 Å². The maximum Gasteiger partial charge on any atom is 0.123 e. The number of halogens is 1. The van der Waals surface area contributed by atoms with Gasteiger partial charge in [0.2, 0.25) is 0 Å². The molecule has 0 radical (unpaired) electrons. The Labute approximate surface area is 101 Å². The van der Waals surface area contributed by atoms with Crippen molar-refractivity contribution in [2.24, 2.45) is 5.73 Å². The monoisotopic (exact) mass is 232 g/mol. The van der Waals surface area contributed by atoms with E-state index in [1.165, 1.54) is 11.8 Å². The van der Waals surface area contributed by atoms with Crippen LogP contribution < -0.4 is 5.73 Å². The minimum absolute atomic E-state index is 0.182. The number of rotatable bonds is 4. The Bertz CT molecular complexity index is 503. The Morgan fingerprint density at radius 2 is 2.12 bits per heavy atom. The van der Waals surface area contributed by atoms with Crippen LogP contribution in [0.3, 0.4) is 0 Å². The lowest BCUT2D eigenvalue weighted by Crippen LogP contribution is -2.10. The van der Waals surface area contributed by atoms with E-state index in [1.54, 1.807) is 6.07 Å². The maximum absolute atomic E-state index is 13.2. The minimum Gasteiger partial charge on any atom is -0.347 e. The predicted octanol–water partition coefficient (Wildman–Crippen LogP) is 2.49. The third-order valence-corrected chi connectivity index (χ3v) is 2.98. The van der Waals surface area contributed by atoms with Gasteiger partial charge in [-0.1, -0.05) is 6.07 Å². The van der Waals surface area contributed by atoms with E-state index in [-0.39, 0.29) is 5.82 Å². The highest BCUT2D eigenvalue weighted by atomic mass is 19.1. The van der Waals surface area contributed by atoms with Crippen LogP contribution in [0, 0.1) is 12.7 Å². The summed E-state index contributed by atoms with van der Waals surface area (Å²) in [6.07, 6.45) is 2.86. The van der Waals surface area contributed by atoms with Crippen LogP contribution in [0.25, 0.3) is 0 Å². The topological polar surface area (TPSA) is 30.9 Å². The number of hydrogen-bond acceptors (Lipinski definition) is 1. The number of aromatic nitrogens is 1. The van der Waals surface area contributed by atoms with Gasteiger partial charge in [0.1, 0.15) is 5.82 Å². The van der Waals surface area contributed by atoms with Crippen LogP contribution in [0.1, 0.15) is 16.8 Å². The molecule has 0 bridgehead atoms. The van der Waals surface area contributed by atoms with E-state index in [1.807, 2.05) is 25.3 Å². The summed E-state index contributed by atoms with van der Waals surface area (Å²) in [5.74, 6) is -0.182. The van der Waals surface area contributed by atoms with Crippen LogP contribution in [0.4, 0.5) is 4.39 Å². The highest BCUT2D eigenvalue weighted by molar-refractivity contribution is 5.27. The quantitative estimate of drug-likeness (QED) is 0.862. The predicted molar refractivity (Wildman–Crippen MR) is 67.4 cm³/mol. The molecule has 0 fully saturated rings. The van der Waals surface area contributed by atoms with E-state index in [2.05, 4.69) is 10.6 Å². The van der Waals surface area contributed by atoms with E-state index >= 15 is 0 Å². The Hall–Kier alpha value is -1.61. The maximum atomic E-state index is 13.2. The molecule has 0 saturated carbocycles. The van der Waals surface area contributed by atoms with Crippen molar-refractivity contribution in [2.45, 2.75) is 19.9 Å². The van der Waals surface area contributed by atoms with Crippen molar-refractivity contribution >= 4 is 0 Å². The Morgan fingerprint density at radius 1 is 1.29 bits per heavy atom. The average molecular weight is 232 g/mol. The zero-order chi connectivity index (χ0) is 12.3. The fourth-order valence-electron chi connectivity index (χ4n) is 1.97. The van der Waals surface area contributed by atoms with E-state index in [0.717, 1.165) is 17.5 Å². The van der Waals surface area contributed by atoms with Crippen LogP contribution in [-0.4, -0.2) is 11.1 Å². The van der Waals surface area contributed by atoms with Crippen LogP contribution in [0.2, 0.25) is 0 Å².